The van der Waals surface area contributed by atoms with Crippen molar-refractivity contribution in [2.45, 2.75) is 12.8 Å². The maximum absolute atomic E-state index is 10.8. The molecule has 1 unspecified atom stereocenters. The number of hydrogen-bond donors (Lipinski definition) is 1. The van der Waals surface area contributed by atoms with Crippen molar-refractivity contribution in [3.05, 3.63) is 70.7 Å². The molecule has 0 heterocycles. The Balaban J connectivity index is 2.36. The third kappa shape index (κ3) is 2.99. The molecule has 0 aliphatic rings. The molecule has 2 aromatic rings. The smallest absolute Gasteiger partial charge is 0.335 e. The van der Waals surface area contributed by atoms with E-state index in [9.17, 15) is 4.79 Å². The monoisotopic (exact) mass is 330 g/mol. The SMILES string of the molecule is C=CC(C)c1ccc(-c2ccc(C(=O)O)cc2)cc1Br. The molecule has 2 nitrogen and oxygen atoms in total. The van der Waals surface area contributed by atoms with Crippen molar-refractivity contribution in [2.75, 3.05) is 0 Å². The number of carboxylic acid groups (broad SMARTS) is 1. The van der Waals surface area contributed by atoms with E-state index in [1.165, 1.54) is 5.56 Å². The van der Waals surface area contributed by atoms with Gasteiger partial charge in [0.2, 0.25) is 0 Å². The average molecular weight is 331 g/mol. The highest BCUT2D eigenvalue weighted by molar-refractivity contribution is 9.10. The Labute approximate surface area is 126 Å². The zero-order chi connectivity index (χ0) is 14.7. The van der Waals surface area contributed by atoms with Crippen LogP contribution in [0.1, 0.15) is 28.8 Å². The summed E-state index contributed by atoms with van der Waals surface area (Å²) in [7, 11) is 0. The molecule has 102 valence electrons. The molecule has 1 N–H and O–H groups in total. The van der Waals surface area contributed by atoms with E-state index in [2.05, 4.69) is 35.5 Å². The largest absolute Gasteiger partial charge is 0.478 e. The molecule has 0 fully saturated rings. The van der Waals surface area contributed by atoms with Gasteiger partial charge in [-0.1, -0.05) is 53.2 Å². The molecule has 0 radical (unpaired) electrons. The lowest BCUT2D eigenvalue weighted by Gasteiger charge is -2.11. The van der Waals surface area contributed by atoms with E-state index < -0.39 is 5.97 Å². The van der Waals surface area contributed by atoms with Crippen LogP contribution in [0.15, 0.2) is 59.6 Å². The Hall–Kier alpha value is -1.87. The first-order valence-corrected chi connectivity index (χ1v) is 7.08. The number of allylic oxidation sites excluding steroid dienone is 1. The molecule has 0 aliphatic carbocycles. The van der Waals surface area contributed by atoms with Crippen molar-refractivity contribution in [3.63, 3.8) is 0 Å². The Morgan fingerprint density at radius 1 is 1.20 bits per heavy atom. The van der Waals surface area contributed by atoms with E-state index in [0.717, 1.165) is 15.6 Å². The van der Waals surface area contributed by atoms with Crippen molar-refractivity contribution in [3.8, 4) is 11.1 Å². The summed E-state index contributed by atoms with van der Waals surface area (Å²) in [6.07, 6.45) is 1.90. The highest BCUT2D eigenvalue weighted by atomic mass is 79.9. The topological polar surface area (TPSA) is 37.3 Å². The van der Waals surface area contributed by atoms with E-state index in [4.69, 9.17) is 5.11 Å². The van der Waals surface area contributed by atoms with Crippen LogP contribution < -0.4 is 0 Å². The third-order valence-electron chi connectivity index (χ3n) is 3.31. The minimum atomic E-state index is -0.909. The highest BCUT2D eigenvalue weighted by Gasteiger charge is 2.08. The predicted molar refractivity (Wildman–Crippen MR) is 85.1 cm³/mol. The van der Waals surface area contributed by atoms with Crippen LogP contribution in [0.25, 0.3) is 11.1 Å². The molecule has 0 spiro atoms. The summed E-state index contributed by atoms with van der Waals surface area (Å²) in [5.41, 5.74) is 3.53. The van der Waals surface area contributed by atoms with E-state index in [1.807, 2.05) is 30.3 Å². The van der Waals surface area contributed by atoms with Gasteiger partial charge in [0.15, 0.2) is 0 Å². The molecule has 0 aliphatic heterocycles. The Morgan fingerprint density at radius 2 is 1.80 bits per heavy atom. The van der Waals surface area contributed by atoms with Gasteiger partial charge in [-0.15, -0.1) is 6.58 Å². The minimum absolute atomic E-state index is 0.285. The fourth-order valence-corrected chi connectivity index (χ4v) is 2.75. The van der Waals surface area contributed by atoms with Crippen molar-refractivity contribution < 1.29 is 9.90 Å². The van der Waals surface area contributed by atoms with Gasteiger partial charge >= 0.3 is 5.97 Å². The van der Waals surface area contributed by atoms with Crippen LogP contribution in [0.4, 0.5) is 0 Å². The standard InChI is InChI=1S/C17H15BrO2/c1-3-11(2)15-9-8-14(10-16(15)18)12-4-6-13(7-5-12)17(19)20/h3-11H,1H2,2H3,(H,19,20). The molecule has 2 rings (SSSR count). The zero-order valence-electron chi connectivity index (χ0n) is 11.1. The van der Waals surface area contributed by atoms with Crippen molar-refractivity contribution in [1.82, 2.24) is 0 Å². The molecule has 0 saturated heterocycles. The van der Waals surface area contributed by atoms with E-state index in [0.29, 0.717) is 5.56 Å². The Bertz CT molecular complexity index is 645. The van der Waals surface area contributed by atoms with Gasteiger partial charge in [-0.3, -0.25) is 0 Å². The van der Waals surface area contributed by atoms with E-state index >= 15 is 0 Å². The van der Waals surface area contributed by atoms with Gasteiger partial charge in [-0.05, 0) is 40.8 Å². The van der Waals surface area contributed by atoms with E-state index in [-0.39, 0.29) is 5.92 Å². The second kappa shape index (κ2) is 6.06. The Morgan fingerprint density at radius 3 is 2.30 bits per heavy atom. The summed E-state index contributed by atoms with van der Waals surface area (Å²) in [4.78, 5) is 10.8. The number of aromatic carboxylic acids is 1. The summed E-state index contributed by atoms with van der Waals surface area (Å²) in [5.74, 6) is -0.624. The van der Waals surface area contributed by atoms with Crippen LogP contribution in [0, 0.1) is 0 Å². The molecule has 1 atom stereocenters. The first-order valence-electron chi connectivity index (χ1n) is 6.28. The van der Waals surface area contributed by atoms with E-state index in [1.54, 1.807) is 12.1 Å². The molecule has 0 saturated carbocycles. The second-order valence-corrected chi connectivity index (χ2v) is 5.50. The fourth-order valence-electron chi connectivity index (χ4n) is 2.01. The van der Waals surface area contributed by atoms with Gasteiger partial charge < -0.3 is 5.11 Å². The predicted octanol–water partition coefficient (Wildman–Crippen LogP) is 5.10. The van der Waals surface area contributed by atoms with Crippen LogP contribution in [0.5, 0.6) is 0 Å². The molecule has 0 bridgehead atoms. The second-order valence-electron chi connectivity index (χ2n) is 4.64. The van der Waals surface area contributed by atoms with Crippen LogP contribution in [-0.4, -0.2) is 11.1 Å². The van der Waals surface area contributed by atoms with Gasteiger partial charge in [-0.2, -0.15) is 0 Å². The van der Waals surface area contributed by atoms with Crippen LogP contribution in [-0.2, 0) is 0 Å². The number of carboxylic acids is 1. The normalized spacial score (nSPS) is 11.9. The quantitative estimate of drug-likeness (QED) is 0.791. The summed E-state index contributed by atoms with van der Waals surface area (Å²) in [5, 5.41) is 8.90. The van der Waals surface area contributed by atoms with Crippen molar-refractivity contribution in [2.24, 2.45) is 0 Å². The Kier molecular flexibility index (Phi) is 4.40. The van der Waals surface area contributed by atoms with Gasteiger partial charge in [0.1, 0.15) is 0 Å². The first-order chi connectivity index (χ1) is 9.52. The zero-order valence-corrected chi connectivity index (χ0v) is 12.7. The van der Waals surface area contributed by atoms with Gasteiger partial charge in [0.05, 0.1) is 5.56 Å². The maximum Gasteiger partial charge on any atom is 0.335 e. The fraction of sp³-hybridized carbons (Fsp3) is 0.118. The summed E-state index contributed by atoms with van der Waals surface area (Å²) >= 11 is 3.58. The van der Waals surface area contributed by atoms with Crippen LogP contribution >= 0.6 is 15.9 Å². The molecular formula is C17H15BrO2. The number of halogens is 1. The van der Waals surface area contributed by atoms with Crippen LogP contribution in [0.3, 0.4) is 0 Å². The molecular weight excluding hydrogens is 316 g/mol. The van der Waals surface area contributed by atoms with Gasteiger partial charge in [-0.25, -0.2) is 4.79 Å². The molecule has 2 aromatic carbocycles. The third-order valence-corrected chi connectivity index (χ3v) is 4.00. The van der Waals surface area contributed by atoms with Gasteiger partial charge in [0, 0.05) is 4.47 Å². The minimum Gasteiger partial charge on any atom is -0.478 e. The molecule has 0 amide bonds. The van der Waals surface area contributed by atoms with Crippen molar-refractivity contribution in [1.29, 1.82) is 0 Å². The number of benzene rings is 2. The van der Waals surface area contributed by atoms with Crippen LogP contribution in [0.2, 0.25) is 0 Å². The molecule has 0 aromatic heterocycles. The van der Waals surface area contributed by atoms with Crippen molar-refractivity contribution >= 4 is 21.9 Å². The lowest BCUT2D eigenvalue weighted by atomic mass is 9.97. The molecule has 20 heavy (non-hydrogen) atoms. The lowest BCUT2D eigenvalue weighted by molar-refractivity contribution is 0.0697. The number of hydrogen-bond acceptors (Lipinski definition) is 1. The lowest BCUT2D eigenvalue weighted by Crippen LogP contribution is -1.95. The number of rotatable bonds is 4. The summed E-state index contributed by atoms with van der Waals surface area (Å²) in [6, 6.07) is 13.0. The van der Waals surface area contributed by atoms with Gasteiger partial charge in [0.25, 0.3) is 0 Å². The summed E-state index contributed by atoms with van der Waals surface area (Å²) in [6.45, 7) is 5.90. The molecule has 3 heteroatoms. The average Bonchev–Trinajstić information content (AvgIpc) is 2.46. The first kappa shape index (κ1) is 14.5. The summed E-state index contributed by atoms with van der Waals surface area (Å²) < 4.78 is 1.03. The highest BCUT2D eigenvalue weighted by Crippen LogP contribution is 2.30. The number of carbonyl (C=O) groups is 1. The maximum atomic E-state index is 10.8.